The van der Waals surface area contributed by atoms with Crippen LogP contribution in [0.5, 0.6) is 0 Å². The van der Waals surface area contributed by atoms with Gasteiger partial charge in [0.25, 0.3) is 0 Å². The molecule has 1 aromatic rings. The Balaban J connectivity index is 2.27. The predicted molar refractivity (Wildman–Crippen MR) is 70.7 cm³/mol. The van der Waals surface area contributed by atoms with Crippen LogP contribution in [0.4, 0.5) is 10.1 Å². The molecule has 102 valence electrons. The van der Waals surface area contributed by atoms with Gasteiger partial charge < -0.3 is 14.7 Å². The lowest BCUT2D eigenvalue weighted by molar-refractivity contribution is -0.131. The van der Waals surface area contributed by atoms with Gasteiger partial charge in [-0.2, -0.15) is 0 Å². The molecule has 0 aromatic heterocycles. The van der Waals surface area contributed by atoms with Crippen LogP contribution in [0.1, 0.15) is 12.0 Å². The van der Waals surface area contributed by atoms with E-state index in [0.29, 0.717) is 5.56 Å². The van der Waals surface area contributed by atoms with E-state index in [0.717, 1.165) is 31.3 Å². The van der Waals surface area contributed by atoms with Crippen molar-refractivity contribution in [3.63, 3.8) is 0 Å². The fourth-order valence-corrected chi connectivity index (χ4v) is 2.25. The largest absolute Gasteiger partial charge is 0.478 e. The Morgan fingerprint density at radius 1 is 1.58 bits per heavy atom. The van der Waals surface area contributed by atoms with Gasteiger partial charge >= 0.3 is 5.97 Å². The van der Waals surface area contributed by atoms with Crippen LogP contribution in [-0.4, -0.2) is 37.4 Å². The third-order valence-electron chi connectivity index (χ3n) is 3.21. The van der Waals surface area contributed by atoms with Crippen LogP contribution in [0.2, 0.25) is 0 Å². The summed E-state index contributed by atoms with van der Waals surface area (Å²) in [6.07, 6.45) is 3.51. The second-order valence-corrected chi connectivity index (χ2v) is 4.47. The lowest BCUT2D eigenvalue weighted by Gasteiger charge is -2.20. The molecule has 0 bridgehead atoms. The first-order valence-corrected chi connectivity index (χ1v) is 6.08. The van der Waals surface area contributed by atoms with E-state index < -0.39 is 5.97 Å². The zero-order valence-corrected chi connectivity index (χ0v) is 10.7. The van der Waals surface area contributed by atoms with Gasteiger partial charge in [-0.1, -0.05) is 0 Å². The van der Waals surface area contributed by atoms with Gasteiger partial charge in [0.2, 0.25) is 0 Å². The van der Waals surface area contributed by atoms with Crippen molar-refractivity contribution in [1.29, 1.82) is 0 Å². The monoisotopic (exact) mass is 265 g/mol. The van der Waals surface area contributed by atoms with E-state index in [1.165, 1.54) is 18.2 Å². The summed E-state index contributed by atoms with van der Waals surface area (Å²) >= 11 is 0. The van der Waals surface area contributed by atoms with Crippen molar-refractivity contribution in [2.75, 3.05) is 25.1 Å². The second-order valence-electron chi connectivity index (χ2n) is 4.47. The van der Waals surface area contributed by atoms with Gasteiger partial charge in [0.05, 0.1) is 6.10 Å². The lowest BCUT2D eigenvalue weighted by Crippen LogP contribution is -2.22. The molecular weight excluding hydrogens is 249 g/mol. The van der Waals surface area contributed by atoms with Gasteiger partial charge in [0.15, 0.2) is 0 Å². The number of rotatable bonds is 4. The number of ether oxygens (including phenoxy) is 1. The predicted octanol–water partition coefficient (Wildman–Crippen LogP) is 2.15. The first-order valence-electron chi connectivity index (χ1n) is 6.08. The smallest absolute Gasteiger partial charge is 0.328 e. The standard InChI is InChI=1S/C14H16FNO3/c1-19-12-6-7-16(9-12)13-4-3-11(15)8-10(13)2-5-14(17)18/h2-5,8,12H,6-7,9H2,1H3,(H,17,18)/b5-2+. The maximum Gasteiger partial charge on any atom is 0.328 e. The number of methoxy groups -OCH3 is 1. The van der Waals surface area contributed by atoms with Crippen LogP contribution < -0.4 is 4.90 Å². The summed E-state index contributed by atoms with van der Waals surface area (Å²) in [6, 6.07) is 4.40. The van der Waals surface area contributed by atoms with Crippen molar-refractivity contribution in [3.05, 3.63) is 35.7 Å². The van der Waals surface area contributed by atoms with Crippen molar-refractivity contribution < 1.29 is 19.0 Å². The third-order valence-corrected chi connectivity index (χ3v) is 3.21. The molecule has 1 fully saturated rings. The molecule has 0 saturated carbocycles. The molecule has 0 aliphatic carbocycles. The maximum atomic E-state index is 13.3. The van der Waals surface area contributed by atoms with Gasteiger partial charge in [0.1, 0.15) is 5.82 Å². The quantitative estimate of drug-likeness (QED) is 0.847. The van der Waals surface area contributed by atoms with Crippen LogP contribution in [-0.2, 0) is 9.53 Å². The van der Waals surface area contributed by atoms with Crippen molar-refractivity contribution >= 4 is 17.7 Å². The molecular formula is C14H16FNO3. The van der Waals surface area contributed by atoms with Crippen LogP contribution in [0.3, 0.4) is 0 Å². The highest BCUT2D eigenvalue weighted by Crippen LogP contribution is 2.27. The van der Waals surface area contributed by atoms with E-state index in [1.54, 1.807) is 13.2 Å². The average Bonchev–Trinajstić information content (AvgIpc) is 2.85. The van der Waals surface area contributed by atoms with Gasteiger partial charge in [-0.05, 0) is 30.7 Å². The van der Waals surface area contributed by atoms with E-state index in [2.05, 4.69) is 4.90 Å². The molecule has 1 saturated heterocycles. The first-order chi connectivity index (χ1) is 9.10. The summed E-state index contributed by atoms with van der Waals surface area (Å²) in [6.45, 7) is 1.55. The highest BCUT2D eigenvalue weighted by molar-refractivity contribution is 5.87. The van der Waals surface area contributed by atoms with Gasteiger partial charge in [-0.25, -0.2) is 9.18 Å². The normalized spacial score (nSPS) is 19.3. The number of carbonyl (C=O) groups is 1. The van der Waals surface area contributed by atoms with Gasteiger partial charge in [-0.15, -0.1) is 0 Å². The van der Waals surface area contributed by atoms with E-state index in [1.807, 2.05) is 0 Å². The summed E-state index contributed by atoms with van der Waals surface area (Å²) in [5, 5.41) is 8.67. The summed E-state index contributed by atoms with van der Waals surface area (Å²) in [5.41, 5.74) is 1.40. The summed E-state index contributed by atoms with van der Waals surface area (Å²) in [4.78, 5) is 12.7. The molecule has 1 atom stereocenters. The number of hydrogen-bond acceptors (Lipinski definition) is 3. The fourth-order valence-electron chi connectivity index (χ4n) is 2.25. The highest BCUT2D eigenvalue weighted by atomic mass is 19.1. The molecule has 1 aliphatic rings. The van der Waals surface area contributed by atoms with Crippen molar-refractivity contribution in [3.8, 4) is 0 Å². The summed E-state index contributed by atoms with van der Waals surface area (Å²) < 4.78 is 18.6. The number of anilines is 1. The van der Waals surface area contributed by atoms with Crippen molar-refractivity contribution in [2.24, 2.45) is 0 Å². The summed E-state index contributed by atoms with van der Waals surface area (Å²) in [7, 11) is 1.67. The molecule has 1 aromatic carbocycles. The Morgan fingerprint density at radius 3 is 3.00 bits per heavy atom. The Kier molecular flexibility index (Phi) is 4.16. The molecule has 1 heterocycles. The SMILES string of the molecule is COC1CCN(c2ccc(F)cc2/C=C/C(=O)O)C1. The summed E-state index contributed by atoms with van der Waals surface area (Å²) in [5.74, 6) is -1.43. The van der Waals surface area contributed by atoms with Crippen LogP contribution in [0, 0.1) is 5.82 Å². The Bertz CT molecular complexity index is 501. The maximum absolute atomic E-state index is 13.3. The third kappa shape index (κ3) is 3.32. The minimum absolute atomic E-state index is 0.168. The number of nitrogens with zero attached hydrogens (tertiary/aromatic N) is 1. The topological polar surface area (TPSA) is 49.8 Å². The number of halogens is 1. The average molecular weight is 265 g/mol. The van der Waals surface area contributed by atoms with E-state index in [4.69, 9.17) is 9.84 Å². The number of carboxylic acids is 1. The van der Waals surface area contributed by atoms with Crippen molar-refractivity contribution in [2.45, 2.75) is 12.5 Å². The van der Waals surface area contributed by atoms with E-state index in [9.17, 15) is 9.18 Å². The molecule has 0 radical (unpaired) electrons. The molecule has 19 heavy (non-hydrogen) atoms. The van der Waals surface area contributed by atoms with Crippen LogP contribution in [0.25, 0.3) is 6.08 Å². The molecule has 1 N–H and O–H groups in total. The molecule has 0 spiro atoms. The van der Waals surface area contributed by atoms with E-state index >= 15 is 0 Å². The van der Waals surface area contributed by atoms with E-state index in [-0.39, 0.29) is 11.9 Å². The molecule has 1 unspecified atom stereocenters. The molecule has 0 amide bonds. The number of carboxylic acid groups (broad SMARTS) is 1. The second kappa shape index (κ2) is 5.84. The Hall–Kier alpha value is -1.88. The molecule has 2 rings (SSSR count). The minimum Gasteiger partial charge on any atom is -0.478 e. The van der Waals surface area contributed by atoms with Crippen molar-refractivity contribution in [1.82, 2.24) is 0 Å². The van der Waals surface area contributed by atoms with Gasteiger partial charge in [-0.3, -0.25) is 0 Å². The lowest BCUT2D eigenvalue weighted by atomic mass is 10.1. The molecule has 5 heteroatoms. The number of benzene rings is 1. The molecule has 1 aliphatic heterocycles. The van der Waals surface area contributed by atoms with Gasteiger partial charge in [0, 0.05) is 37.5 Å². The number of aliphatic carboxylic acids is 1. The zero-order valence-electron chi connectivity index (χ0n) is 10.7. The highest BCUT2D eigenvalue weighted by Gasteiger charge is 2.23. The minimum atomic E-state index is -1.05. The van der Waals surface area contributed by atoms with Crippen LogP contribution >= 0.6 is 0 Å². The Morgan fingerprint density at radius 2 is 2.37 bits per heavy atom. The van der Waals surface area contributed by atoms with Crippen LogP contribution in [0.15, 0.2) is 24.3 Å². The first kappa shape index (κ1) is 13.5. The number of hydrogen-bond donors (Lipinski definition) is 1. The fraction of sp³-hybridized carbons (Fsp3) is 0.357. The molecule has 4 nitrogen and oxygen atoms in total. The zero-order chi connectivity index (χ0) is 13.8. The Labute approximate surface area is 111 Å².